The first kappa shape index (κ1) is 19.5. The number of piperazine rings is 1. The maximum absolute atomic E-state index is 13.1. The molecule has 8 heteroatoms. The number of nitrogens with zero attached hydrogens (tertiary/aromatic N) is 2. The van der Waals surface area contributed by atoms with Crippen LogP contribution in [0.1, 0.15) is 44.9 Å². The molecule has 2 heterocycles. The molecule has 0 aromatic carbocycles. The van der Waals surface area contributed by atoms with Crippen LogP contribution in [-0.4, -0.2) is 49.7 Å². The van der Waals surface area contributed by atoms with Gasteiger partial charge in [0.05, 0.1) is 3.79 Å². The lowest BCUT2D eigenvalue weighted by Gasteiger charge is -2.57. The smallest absolute Gasteiger partial charge is 0.252 e. The average molecular weight is 487 g/mol. The molecule has 5 nitrogen and oxygen atoms in total. The van der Waals surface area contributed by atoms with E-state index in [2.05, 4.69) is 15.9 Å². The zero-order chi connectivity index (χ0) is 19.5. The number of halogens is 1. The van der Waals surface area contributed by atoms with Gasteiger partial charge in [-0.3, -0.25) is 4.79 Å². The van der Waals surface area contributed by atoms with E-state index in [9.17, 15) is 13.2 Å². The summed E-state index contributed by atoms with van der Waals surface area (Å²) in [6.45, 7) is 1.81. The van der Waals surface area contributed by atoms with Crippen LogP contribution in [0.4, 0.5) is 0 Å². The van der Waals surface area contributed by atoms with Gasteiger partial charge in [-0.25, -0.2) is 8.42 Å². The van der Waals surface area contributed by atoms with Crippen LogP contribution in [0, 0.1) is 23.2 Å². The van der Waals surface area contributed by atoms with Gasteiger partial charge in [-0.05, 0) is 89.8 Å². The van der Waals surface area contributed by atoms with Gasteiger partial charge in [-0.15, -0.1) is 11.3 Å². The van der Waals surface area contributed by atoms with Crippen LogP contribution in [0.3, 0.4) is 0 Å². The van der Waals surface area contributed by atoms with Gasteiger partial charge in [-0.1, -0.05) is 0 Å². The molecule has 1 aromatic heterocycles. The number of carbonyl (C=O) groups is 1. The molecule has 1 aromatic rings. The van der Waals surface area contributed by atoms with E-state index in [0.29, 0.717) is 36.8 Å². The fourth-order valence-electron chi connectivity index (χ4n) is 6.68. The number of carbonyl (C=O) groups excluding carboxylic acids is 1. The third-order valence-electron chi connectivity index (χ3n) is 7.43. The zero-order valence-corrected chi connectivity index (χ0v) is 19.2. The van der Waals surface area contributed by atoms with Gasteiger partial charge in [0.15, 0.2) is 0 Å². The number of hydrogen-bond donors (Lipinski definition) is 0. The van der Waals surface area contributed by atoms with Crippen LogP contribution >= 0.6 is 27.3 Å². The molecule has 4 aliphatic carbocycles. The largest absolute Gasteiger partial charge is 0.340 e. The topological polar surface area (TPSA) is 57.7 Å². The van der Waals surface area contributed by atoms with E-state index in [1.807, 2.05) is 4.90 Å². The highest BCUT2D eigenvalue weighted by Gasteiger charge is 2.51. The summed E-state index contributed by atoms with van der Waals surface area (Å²) in [6, 6.07) is 3.41. The van der Waals surface area contributed by atoms with Crippen molar-refractivity contribution in [1.82, 2.24) is 9.21 Å². The predicted octanol–water partition coefficient (Wildman–Crippen LogP) is 3.95. The van der Waals surface area contributed by atoms with E-state index >= 15 is 0 Å². The predicted molar refractivity (Wildman–Crippen MR) is 113 cm³/mol. The Balaban J connectivity index is 1.21. The molecule has 0 radical (unpaired) electrons. The Morgan fingerprint density at radius 1 is 1.04 bits per heavy atom. The molecule has 0 unspecified atom stereocenters. The van der Waals surface area contributed by atoms with Gasteiger partial charge < -0.3 is 4.90 Å². The molecule has 4 saturated carbocycles. The van der Waals surface area contributed by atoms with Gasteiger partial charge in [0, 0.05) is 32.6 Å². The lowest BCUT2D eigenvalue weighted by atomic mass is 9.49. The second-order valence-corrected chi connectivity index (χ2v) is 14.1. The van der Waals surface area contributed by atoms with Gasteiger partial charge in [0.2, 0.25) is 5.91 Å². The van der Waals surface area contributed by atoms with Crippen molar-refractivity contribution in [3.8, 4) is 0 Å². The molecule has 154 valence electrons. The lowest BCUT2D eigenvalue weighted by molar-refractivity contribution is -0.140. The highest BCUT2D eigenvalue weighted by molar-refractivity contribution is 9.11. The van der Waals surface area contributed by atoms with Crippen molar-refractivity contribution >= 4 is 43.2 Å². The van der Waals surface area contributed by atoms with Crippen molar-refractivity contribution in [2.75, 3.05) is 26.2 Å². The number of sulfonamides is 1. The minimum atomic E-state index is -3.45. The van der Waals surface area contributed by atoms with Crippen molar-refractivity contribution < 1.29 is 13.2 Å². The first-order valence-electron chi connectivity index (χ1n) is 10.4. The molecule has 0 spiro atoms. The molecule has 28 heavy (non-hydrogen) atoms. The van der Waals surface area contributed by atoms with Crippen LogP contribution in [0.15, 0.2) is 20.1 Å². The standard InChI is InChI=1S/C20H27BrN2O3S2/c21-17-1-2-19(27-17)28(25,26)23-5-3-22(4-6-23)18(24)13-20-10-14-7-15(11-20)9-16(8-14)12-20/h1-2,14-16H,3-13H2. The first-order chi connectivity index (χ1) is 13.3. The summed E-state index contributed by atoms with van der Waals surface area (Å²) in [5.41, 5.74) is 0.248. The Bertz CT molecular complexity index is 838. The number of amides is 1. The lowest BCUT2D eigenvalue weighted by Crippen LogP contribution is -2.53. The molecule has 6 rings (SSSR count). The van der Waals surface area contributed by atoms with Gasteiger partial charge >= 0.3 is 0 Å². The van der Waals surface area contributed by atoms with E-state index in [-0.39, 0.29) is 11.3 Å². The van der Waals surface area contributed by atoms with E-state index in [4.69, 9.17) is 0 Å². The average Bonchev–Trinajstić information content (AvgIpc) is 3.07. The van der Waals surface area contributed by atoms with Gasteiger partial charge in [0.25, 0.3) is 10.0 Å². The van der Waals surface area contributed by atoms with Crippen molar-refractivity contribution in [2.24, 2.45) is 23.2 Å². The zero-order valence-electron chi connectivity index (χ0n) is 16.0. The Morgan fingerprint density at radius 2 is 1.61 bits per heavy atom. The summed E-state index contributed by atoms with van der Waals surface area (Å²) in [7, 11) is -3.45. The van der Waals surface area contributed by atoms with Crippen molar-refractivity contribution in [3.05, 3.63) is 15.9 Å². The maximum Gasteiger partial charge on any atom is 0.252 e. The van der Waals surface area contributed by atoms with Crippen molar-refractivity contribution in [3.63, 3.8) is 0 Å². The maximum atomic E-state index is 13.1. The van der Waals surface area contributed by atoms with E-state index in [0.717, 1.165) is 21.5 Å². The summed E-state index contributed by atoms with van der Waals surface area (Å²) in [5.74, 6) is 2.81. The summed E-state index contributed by atoms with van der Waals surface area (Å²) in [5, 5.41) is 0. The van der Waals surface area contributed by atoms with Crippen LogP contribution in [0.2, 0.25) is 0 Å². The fourth-order valence-corrected chi connectivity index (χ4v) is 10.3. The summed E-state index contributed by atoms with van der Waals surface area (Å²) < 4.78 is 28.3. The summed E-state index contributed by atoms with van der Waals surface area (Å²) in [4.78, 5) is 15.0. The molecular formula is C20H27BrN2O3S2. The highest BCUT2D eigenvalue weighted by atomic mass is 79.9. The molecule has 5 fully saturated rings. The Labute approximate surface area is 179 Å². The highest BCUT2D eigenvalue weighted by Crippen LogP contribution is 2.61. The third-order valence-corrected chi connectivity index (χ3v) is 11.4. The number of rotatable bonds is 4. The second-order valence-electron chi connectivity index (χ2n) is 9.44. The van der Waals surface area contributed by atoms with Crippen LogP contribution in [-0.2, 0) is 14.8 Å². The minimum absolute atomic E-state index is 0.248. The summed E-state index contributed by atoms with van der Waals surface area (Å²) in [6.07, 6.45) is 8.58. The Hall–Kier alpha value is -0.440. The third kappa shape index (κ3) is 3.48. The quantitative estimate of drug-likeness (QED) is 0.647. The first-order valence-corrected chi connectivity index (χ1v) is 13.4. The molecule has 0 atom stereocenters. The van der Waals surface area contributed by atoms with Crippen LogP contribution < -0.4 is 0 Å². The molecule has 4 bridgehead atoms. The van der Waals surface area contributed by atoms with E-state index in [1.54, 1.807) is 12.1 Å². The fraction of sp³-hybridized carbons (Fsp3) is 0.750. The normalized spacial score (nSPS) is 35.5. The second kappa shape index (κ2) is 7.06. The van der Waals surface area contributed by atoms with E-state index < -0.39 is 10.0 Å². The summed E-state index contributed by atoms with van der Waals surface area (Å²) >= 11 is 4.57. The molecule has 1 saturated heterocycles. The molecular weight excluding hydrogens is 460 g/mol. The van der Waals surface area contributed by atoms with E-state index in [1.165, 1.54) is 54.2 Å². The van der Waals surface area contributed by atoms with Crippen LogP contribution in [0.25, 0.3) is 0 Å². The van der Waals surface area contributed by atoms with Gasteiger partial charge in [-0.2, -0.15) is 4.31 Å². The molecule has 1 amide bonds. The monoisotopic (exact) mass is 486 g/mol. The Kier molecular flexibility index (Phi) is 4.92. The van der Waals surface area contributed by atoms with Crippen molar-refractivity contribution in [2.45, 2.75) is 49.2 Å². The Morgan fingerprint density at radius 3 is 2.11 bits per heavy atom. The van der Waals surface area contributed by atoms with Crippen molar-refractivity contribution in [1.29, 1.82) is 0 Å². The number of hydrogen-bond acceptors (Lipinski definition) is 4. The molecule has 0 N–H and O–H groups in total. The minimum Gasteiger partial charge on any atom is -0.340 e. The number of thiophene rings is 1. The SMILES string of the molecule is O=C(CC12CC3CC(CC(C3)C1)C2)N1CCN(S(=O)(=O)c2ccc(Br)s2)CC1. The molecule has 5 aliphatic rings. The molecule has 1 aliphatic heterocycles. The van der Waals surface area contributed by atoms with Gasteiger partial charge in [0.1, 0.15) is 4.21 Å². The van der Waals surface area contributed by atoms with Crippen LogP contribution in [0.5, 0.6) is 0 Å².